The van der Waals surface area contributed by atoms with E-state index in [9.17, 15) is 0 Å². The maximum absolute atomic E-state index is 2.56. The molecule has 2 rings (SSSR count). The number of hydrogen-bond acceptors (Lipinski definition) is 0. The maximum Gasteiger partial charge on any atom is -0.0112 e. The van der Waals surface area contributed by atoms with Gasteiger partial charge in [0.15, 0.2) is 0 Å². The van der Waals surface area contributed by atoms with Gasteiger partial charge in [-0.05, 0) is 37.0 Å². The molecule has 0 aromatic carbocycles. The summed E-state index contributed by atoms with van der Waals surface area (Å²) >= 11 is 0. The first-order chi connectivity index (χ1) is 8.85. The van der Waals surface area contributed by atoms with Gasteiger partial charge in [-0.25, -0.2) is 0 Å². The second-order valence-corrected chi connectivity index (χ2v) is 6.80. The molecule has 0 aromatic heterocycles. The van der Waals surface area contributed by atoms with E-state index in [2.05, 4.69) is 19.1 Å². The van der Waals surface area contributed by atoms with Crippen molar-refractivity contribution in [2.24, 2.45) is 11.3 Å². The molecule has 104 valence electrons. The third kappa shape index (κ3) is 4.14. The van der Waals surface area contributed by atoms with Crippen LogP contribution in [0.5, 0.6) is 0 Å². The van der Waals surface area contributed by atoms with Crippen molar-refractivity contribution in [1.82, 2.24) is 0 Å². The molecule has 2 aliphatic rings. The molecular weight excluding hydrogens is 216 g/mol. The zero-order valence-electron chi connectivity index (χ0n) is 12.4. The predicted octanol–water partition coefficient (Wildman–Crippen LogP) is 6.26. The topological polar surface area (TPSA) is 0 Å². The molecule has 0 radical (unpaired) electrons. The Morgan fingerprint density at radius 3 is 2.11 bits per heavy atom. The van der Waals surface area contributed by atoms with Crippen molar-refractivity contribution in [2.75, 3.05) is 0 Å². The van der Waals surface area contributed by atoms with Gasteiger partial charge in [0, 0.05) is 0 Å². The molecule has 0 amide bonds. The molecule has 2 bridgehead atoms. The molecule has 0 heteroatoms. The Morgan fingerprint density at radius 2 is 1.61 bits per heavy atom. The van der Waals surface area contributed by atoms with Crippen LogP contribution in [0.15, 0.2) is 12.2 Å². The number of unbranched alkanes of at least 4 members (excludes halogenated alkanes) is 8. The van der Waals surface area contributed by atoms with Crippen molar-refractivity contribution >= 4 is 0 Å². The lowest BCUT2D eigenvalue weighted by molar-refractivity contribution is 0.350. The summed E-state index contributed by atoms with van der Waals surface area (Å²) < 4.78 is 0. The lowest BCUT2D eigenvalue weighted by Crippen LogP contribution is -2.10. The van der Waals surface area contributed by atoms with Crippen LogP contribution < -0.4 is 0 Å². The fourth-order valence-corrected chi connectivity index (χ4v) is 3.95. The van der Waals surface area contributed by atoms with Gasteiger partial charge in [-0.2, -0.15) is 0 Å². The summed E-state index contributed by atoms with van der Waals surface area (Å²) in [7, 11) is 0. The summed E-state index contributed by atoms with van der Waals surface area (Å²) in [6.07, 6.45) is 24.2. The maximum atomic E-state index is 2.56. The minimum atomic E-state index is 0.672. The van der Waals surface area contributed by atoms with Gasteiger partial charge in [0.2, 0.25) is 0 Å². The van der Waals surface area contributed by atoms with Crippen LogP contribution >= 0.6 is 0 Å². The van der Waals surface area contributed by atoms with Crippen molar-refractivity contribution in [1.29, 1.82) is 0 Å². The molecule has 0 aliphatic heterocycles. The van der Waals surface area contributed by atoms with Crippen LogP contribution in [-0.4, -0.2) is 0 Å². The van der Waals surface area contributed by atoms with E-state index in [4.69, 9.17) is 0 Å². The summed E-state index contributed by atoms with van der Waals surface area (Å²) in [5, 5.41) is 0. The zero-order chi connectivity index (χ0) is 12.7. The number of fused-ring (bicyclic) bond motifs is 2. The third-order valence-electron chi connectivity index (χ3n) is 5.18. The van der Waals surface area contributed by atoms with Crippen molar-refractivity contribution < 1.29 is 0 Å². The van der Waals surface area contributed by atoms with Crippen LogP contribution in [0.3, 0.4) is 0 Å². The summed E-state index contributed by atoms with van der Waals surface area (Å²) in [6.45, 7) is 2.30. The average Bonchev–Trinajstić information content (AvgIpc) is 2.97. The Balaban J connectivity index is 1.41. The molecule has 0 heterocycles. The lowest BCUT2D eigenvalue weighted by atomic mass is 9.82. The van der Waals surface area contributed by atoms with Crippen LogP contribution in [0.4, 0.5) is 0 Å². The molecule has 0 N–H and O–H groups in total. The van der Waals surface area contributed by atoms with Gasteiger partial charge < -0.3 is 0 Å². The van der Waals surface area contributed by atoms with E-state index in [0.717, 1.165) is 5.92 Å². The number of hydrogen-bond donors (Lipinski definition) is 0. The van der Waals surface area contributed by atoms with Gasteiger partial charge in [-0.15, -0.1) is 0 Å². The highest BCUT2D eigenvalue weighted by molar-refractivity contribution is 5.15. The third-order valence-corrected chi connectivity index (χ3v) is 5.18. The Labute approximate surface area is 114 Å². The van der Waals surface area contributed by atoms with Crippen molar-refractivity contribution in [3.63, 3.8) is 0 Å². The van der Waals surface area contributed by atoms with Gasteiger partial charge >= 0.3 is 0 Å². The number of allylic oxidation sites excluding steroid dienone is 2. The highest BCUT2D eigenvalue weighted by Crippen LogP contribution is 2.51. The molecular formula is C18H32. The molecule has 0 saturated heterocycles. The SMILES string of the molecule is CCCCCCCCCCCC12C=CC(CC1)C2. The van der Waals surface area contributed by atoms with Gasteiger partial charge in [-0.3, -0.25) is 0 Å². The fourth-order valence-electron chi connectivity index (χ4n) is 3.95. The molecule has 1 saturated carbocycles. The standard InChI is InChI=1S/C18H32/c1-2-3-4-5-6-7-8-9-10-13-18-14-11-17(16-18)12-15-18/h11,14,17H,2-10,12-13,15-16H2,1H3. The normalized spacial score (nSPS) is 29.3. The smallest absolute Gasteiger partial charge is 0.0112 e. The molecule has 2 atom stereocenters. The van der Waals surface area contributed by atoms with Gasteiger partial charge in [0.05, 0.1) is 0 Å². The molecule has 0 nitrogen and oxygen atoms in total. The average molecular weight is 248 g/mol. The minimum Gasteiger partial charge on any atom is -0.0848 e. The molecule has 0 aromatic rings. The Hall–Kier alpha value is -0.260. The van der Waals surface area contributed by atoms with Crippen LogP contribution in [-0.2, 0) is 0 Å². The molecule has 2 aliphatic carbocycles. The predicted molar refractivity (Wildman–Crippen MR) is 80.8 cm³/mol. The van der Waals surface area contributed by atoms with Gasteiger partial charge in [-0.1, -0.05) is 76.9 Å². The Morgan fingerprint density at radius 1 is 0.944 bits per heavy atom. The molecule has 0 spiro atoms. The van der Waals surface area contributed by atoms with Gasteiger partial charge in [0.25, 0.3) is 0 Å². The summed E-state index contributed by atoms with van der Waals surface area (Å²) in [6, 6.07) is 0. The number of rotatable bonds is 10. The van der Waals surface area contributed by atoms with E-state index in [0.29, 0.717) is 5.41 Å². The second-order valence-electron chi connectivity index (χ2n) is 6.80. The second kappa shape index (κ2) is 7.36. The Bertz CT molecular complexity index is 253. The van der Waals surface area contributed by atoms with Crippen LogP contribution in [0, 0.1) is 11.3 Å². The van der Waals surface area contributed by atoms with Crippen molar-refractivity contribution in [3.8, 4) is 0 Å². The zero-order valence-corrected chi connectivity index (χ0v) is 12.4. The van der Waals surface area contributed by atoms with Crippen molar-refractivity contribution in [2.45, 2.75) is 90.4 Å². The summed E-state index contributed by atoms with van der Waals surface area (Å²) in [4.78, 5) is 0. The van der Waals surface area contributed by atoms with E-state index < -0.39 is 0 Å². The van der Waals surface area contributed by atoms with E-state index in [-0.39, 0.29) is 0 Å². The highest BCUT2D eigenvalue weighted by Gasteiger charge is 2.39. The Kier molecular flexibility index (Phi) is 5.79. The van der Waals surface area contributed by atoms with Gasteiger partial charge in [0.1, 0.15) is 0 Å². The monoisotopic (exact) mass is 248 g/mol. The van der Waals surface area contributed by atoms with Crippen LogP contribution in [0.1, 0.15) is 90.4 Å². The first-order valence-electron chi connectivity index (χ1n) is 8.54. The molecule has 1 fully saturated rings. The molecule has 18 heavy (non-hydrogen) atoms. The van der Waals surface area contributed by atoms with E-state index in [1.807, 2.05) is 0 Å². The van der Waals surface area contributed by atoms with E-state index in [1.165, 1.54) is 83.5 Å². The first kappa shape index (κ1) is 14.2. The van der Waals surface area contributed by atoms with Crippen LogP contribution in [0.2, 0.25) is 0 Å². The summed E-state index contributed by atoms with van der Waals surface area (Å²) in [5.74, 6) is 0.962. The molecule has 2 unspecified atom stereocenters. The van der Waals surface area contributed by atoms with E-state index >= 15 is 0 Å². The lowest BCUT2D eigenvalue weighted by Gasteiger charge is -2.23. The minimum absolute atomic E-state index is 0.672. The fraction of sp³-hybridized carbons (Fsp3) is 0.889. The van der Waals surface area contributed by atoms with E-state index in [1.54, 1.807) is 0 Å². The quantitative estimate of drug-likeness (QED) is 0.316. The largest absolute Gasteiger partial charge is 0.0848 e. The van der Waals surface area contributed by atoms with Crippen molar-refractivity contribution in [3.05, 3.63) is 12.2 Å². The highest BCUT2D eigenvalue weighted by atomic mass is 14.4. The van der Waals surface area contributed by atoms with Crippen LogP contribution in [0.25, 0.3) is 0 Å². The summed E-state index contributed by atoms with van der Waals surface area (Å²) in [5.41, 5.74) is 0.672. The first-order valence-corrected chi connectivity index (χ1v) is 8.54.